The highest BCUT2D eigenvalue weighted by Gasteiger charge is 2.32. The van der Waals surface area contributed by atoms with Crippen molar-refractivity contribution < 1.29 is 9.59 Å². The smallest absolute Gasteiger partial charge is 0.223 e. The number of nitrogens with zero attached hydrogens (tertiary/aromatic N) is 1. The van der Waals surface area contributed by atoms with E-state index in [1.165, 1.54) is 5.56 Å². The van der Waals surface area contributed by atoms with E-state index in [1.807, 2.05) is 24.3 Å². The van der Waals surface area contributed by atoms with Crippen LogP contribution in [0, 0.1) is 5.92 Å². The lowest BCUT2D eigenvalue weighted by atomic mass is 10.1. The lowest BCUT2D eigenvalue weighted by Crippen LogP contribution is -2.30. The number of benzene rings is 1. The molecule has 0 aliphatic carbocycles. The van der Waals surface area contributed by atoms with Crippen LogP contribution in [0.5, 0.6) is 0 Å². The van der Waals surface area contributed by atoms with Gasteiger partial charge in [0.05, 0.1) is 5.92 Å². The molecule has 96 valence electrons. The molecule has 0 spiro atoms. The van der Waals surface area contributed by atoms with Crippen LogP contribution in [-0.2, 0) is 16.0 Å². The number of carbonyl (C=O) groups excluding carboxylic acids is 2. The lowest BCUT2D eigenvalue weighted by molar-refractivity contribution is -0.128. The highest BCUT2D eigenvalue weighted by Crippen LogP contribution is 2.18. The van der Waals surface area contributed by atoms with Crippen LogP contribution in [0.4, 0.5) is 0 Å². The summed E-state index contributed by atoms with van der Waals surface area (Å²) in [4.78, 5) is 24.5. The van der Waals surface area contributed by atoms with Gasteiger partial charge in [0.25, 0.3) is 0 Å². The maximum Gasteiger partial charge on any atom is 0.223 e. The molecule has 2 amide bonds. The summed E-state index contributed by atoms with van der Waals surface area (Å²) in [5, 5.41) is 0. The maximum atomic E-state index is 11.7. The Morgan fingerprint density at radius 1 is 1.50 bits per heavy atom. The zero-order valence-corrected chi connectivity index (χ0v) is 11.5. The first-order valence-corrected chi connectivity index (χ1v) is 6.67. The minimum atomic E-state index is -0.381. The first kappa shape index (κ1) is 13.1. The van der Waals surface area contributed by atoms with Crippen LogP contribution in [0.2, 0.25) is 0 Å². The van der Waals surface area contributed by atoms with Gasteiger partial charge in [-0.3, -0.25) is 9.59 Å². The monoisotopic (exact) mass is 310 g/mol. The summed E-state index contributed by atoms with van der Waals surface area (Å²) in [5.41, 5.74) is 6.39. The van der Waals surface area contributed by atoms with E-state index in [0.717, 1.165) is 10.9 Å². The summed E-state index contributed by atoms with van der Waals surface area (Å²) in [6, 6.07) is 7.99. The summed E-state index contributed by atoms with van der Waals surface area (Å²) in [5.74, 6) is -0.679. The molecule has 5 heteroatoms. The maximum absolute atomic E-state index is 11.7. The second-order valence-corrected chi connectivity index (χ2v) is 5.44. The van der Waals surface area contributed by atoms with E-state index in [4.69, 9.17) is 5.73 Å². The van der Waals surface area contributed by atoms with Crippen LogP contribution in [0.1, 0.15) is 12.0 Å². The fourth-order valence-electron chi connectivity index (χ4n) is 2.14. The van der Waals surface area contributed by atoms with E-state index >= 15 is 0 Å². The minimum Gasteiger partial charge on any atom is -0.369 e. The molecule has 1 aromatic rings. The summed E-state index contributed by atoms with van der Waals surface area (Å²) in [6.07, 6.45) is 1.05. The molecular formula is C13H15BrN2O2. The van der Waals surface area contributed by atoms with E-state index in [-0.39, 0.29) is 24.2 Å². The molecule has 1 heterocycles. The Morgan fingerprint density at radius 2 is 2.28 bits per heavy atom. The number of halogens is 1. The van der Waals surface area contributed by atoms with E-state index in [9.17, 15) is 9.59 Å². The SMILES string of the molecule is NC(=O)C1CC(=O)N(CCc2cccc(Br)c2)C1. The fourth-order valence-corrected chi connectivity index (χ4v) is 2.58. The Balaban J connectivity index is 1.91. The second-order valence-electron chi connectivity index (χ2n) is 4.52. The molecule has 1 fully saturated rings. The molecule has 1 unspecified atom stereocenters. The molecule has 18 heavy (non-hydrogen) atoms. The lowest BCUT2D eigenvalue weighted by Gasteiger charge is -2.16. The predicted molar refractivity (Wildman–Crippen MR) is 71.7 cm³/mol. The summed E-state index contributed by atoms with van der Waals surface area (Å²) < 4.78 is 1.03. The van der Waals surface area contributed by atoms with Crippen molar-refractivity contribution in [3.05, 3.63) is 34.3 Å². The largest absolute Gasteiger partial charge is 0.369 e. The minimum absolute atomic E-state index is 0.0220. The normalized spacial score (nSPS) is 19.3. The third-order valence-electron chi connectivity index (χ3n) is 3.18. The van der Waals surface area contributed by atoms with Crippen LogP contribution in [0.15, 0.2) is 28.7 Å². The molecule has 1 atom stereocenters. The van der Waals surface area contributed by atoms with Gasteiger partial charge in [-0.05, 0) is 24.1 Å². The first-order chi connectivity index (χ1) is 8.56. The Hall–Kier alpha value is -1.36. The number of hydrogen-bond donors (Lipinski definition) is 1. The average molecular weight is 311 g/mol. The summed E-state index contributed by atoms with van der Waals surface area (Å²) >= 11 is 3.41. The van der Waals surface area contributed by atoms with Crippen LogP contribution < -0.4 is 5.73 Å². The molecule has 0 bridgehead atoms. The van der Waals surface area contributed by atoms with Crippen LogP contribution in [0.3, 0.4) is 0 Å². The molecule has 2 rings (SSSR count). The van der Waals surface area contributed by atoms with Gasteiger partial charge >= 0.3 is 0 Å². The summed E-state index contributed by atoms with van der Waals surface area (Å²) in [6.45, 7) is 1.10. The van der Waals surface area contributed by atoms with Crippen molar-refractivity contribution in [2.24, 2.45) is 11.7 Å². The van der Waals surface area contributed by atoms with E-state index < -0.39 is 0 Å². The number of amides is 2. The van der Waals surface area contributed by atoms with Crippen molar-refractivity contribution in [2.45, 2.75) is 12.8 Å². The number of carbonyl (C=O) groups is 2. The molecule has 1 aliphatic heterocycles. The van der Waals surface area contributed by atoms with E-state index in [1.54, 1.807) is 4.90 Å². The van der Waals surface area contributed by atoms with Gasteiger partial charge in [0.1, 0.15) is 0 Å². The van der Waals surface area contributed by atoms with Crippen molar-refractivity contribution in [1.29, 1.82) is 0 Å². The van der Waals surface area contributed by atoms with Crippen LogP contribution in [-0.4, -0.2) is 29.8 Å². The summed E-state index contributed by atoms with van der Waals surface area (Å²) in [7, 11) is 0. The predicted octanol–water partition coefficient (Wildman–Crippen LogP) is 1.33. The molecule has 1 aromatic carbocycles. The number of rotatable bonds is 4. The van der Waals surface area contributed by atoms with Crippen molar-refractivity contribution >= 4 is 27.7 Å². The van der Waals surface area contributed by atoms with E-state index in [0.29, 0.717) is 13.1 Å². The van der Waals surface area contributed by atoms with Gasteiger partial charge < -0.3 is 10.6 Å². The quantitative estimate of drug-likeness (QED) is 0.911. The molecule has 0 saturated carbocycles. The van der Waals surface area contributed by atoms with Crippen molar-refractivity contribution in [3.8, 4) is 0 Å². The highest BCUT2D eigenvalue weighted by molar-refractivity contribution is 9.10. The standard InChI is InChI=1S/C13H15BrN2O2/c14-11-3-1-2-9(6-11)4-5-16-8-10(13(15)18)7-12(16)17/h1-3,6,10H,4-5,7-8H2,(H2,15,18). The first-order valence-electron chi connectivity index (χ1n) is 5.88. The highest BCUT2D eigenvalue weighted by atomic mass is 79.9. The molecule has 4 nitrogen and oxygen atoms in total. The van der Waals surface area contributed by atoms with Gasteiger partial charge in [-0.25, -0.2) is 0 Å². The van der Waals surface area contributed by atoms with Crippen molar-refractivity contribution in [1.82, 2.24) is 4.90 Å². The van der Waals surface area contributed by atoms with Gasteiger partial charge in [-0.2, -0.15) is 0 Å². The molecule has 1 aliphatic rings. The van der Waals surface area contributed by atoms with Gasteiger partial charge in [0.15, 0.2) is 0 Å². The molecule has 2 N–H and O–H groups in total. The Bertz CT molecular complexity index is 476. The van der Waals surface area contributed by atoms with Gasteiger partial charge in [-0.1, -0.05) is 28.1 Å². The third-order valence-corrected chi connectivity index (χ3v) is 3.67. The molecule has 1 saturated heterocycles. The van der Waals surface area contributed by atoms with Crippen molar-refractivity contribution in [3.63, 3.8) is 0 Å². The average Bonchev–Trinajstić information content (AvgIpc) is 2.68. The topological polar surface area (TPSA) is 63.4 Å². The van der Waals surface area contributed by atoms with Gasteiger partial charge in [0.2, 0.25) is 11.8 Å². The molecule has 0 aromatic heterocycles. The van der Waals surface area contributed by atoms with Crippen LogP contribution in [0.25, 0.3) is 0 Å². The molecule has 0 radical (unpaired) electrons. The Kier molecular flexibility index (Phi) is 4.01. The second kappa shape index (κ2) is 5.52. The third kappa shape index (κ3) is 3.10. The Morgan fingerprint density at radius 3 is 2.89 bits per heavy atom. The number of nitrogens with two attached hydrogens (primary N) is 1. The Labute approximate surface area is 114 Å². The van der Waals surface area contributed by atoms with Gasteiger partial charge in [0, 0.05) is 24.0 Å². The van der Waals surface area contributed by atoms with Crippen LogP contribution >= 0.6 is 15.9 Å². The van der Waals surface area contributed by atoms with Crippen molar-refractivity contribution in [2.75, 3.05) is 13.1 Å². The molecular weight excluding hydrogens is 296 g/mol. The van der Waals surface area contributed by atoms with Gasteiger partial charge in [-0.15, -0.1) is 0 Å². The zero-order chi connectivity index (χ0) is 13.1. The zero-order valence-electron chi connectivity index (χ0n) is 9.93. The van der Waals surface area contributed by atoms with E-state index in [2.05, 4.69) is 15.9 Å². The number of hydrogen-bond acceptors (Lipinski definition) is 2. The fraction of sp³-hybridized carbons (Fsp3) is 0.385. The number of primary amides is 1. The number of likely N-dealkylation sites (tertiary alicyclic amines) is 1.